The largest absolute Gasteiger partial charge is 0.367 e. The van der Waals surface area contributed by atoms with Crippen molar-refractivity contribution in [2.45, 2.75) is 6.04 Å². The van der Waals surface area contributed by atoms with Gasteiger partial charge in [0.15, 0.2) is 5.43 Å². The van der Waals surface area contributed by atoms with Gasteiger partial charge in [-0.25, -0.2) is 0 Å². The number of nitrogens with one attached hydrogen (secondary N) is 3. The molecule has 0 unspecified atom stereocenters. The summed E-state index contributed by atoms with van der Waals surface area (Å²) in [6.07, 6.45) is 2.92. The van der Waals surface area contributed by atoms with Crippen LogP contribution in [0.2, 0.25) is 0 Å². The predicted molar refractivity (Wildman–Crippen MR) is 51.2 cm³/mol. The van der Waals surface area contributed by atoms with E-state index < -0.39 is 0 Å². The van der Waals surface area contributed by atoms with E-state index in [9.17, 15) is 9.59 Å². The first-order valence-corrected chi connectivity index (χ1v) is 4.46. The van der Waals surface area contributed by atoms with Crippen LogP contribution in [0, 0.1) is 0 Å². The lowest BCUT2D eigenvalue weighted by Crippen LogP contribution is -2.57. The molecule has 3 N–H and O–H groups in total. The molecule has 1 fully saturated rings. The zero-order valence-electron chi connectivity index (χ0n) is 7.54. The zero-order valence-corrected chi connectivity index (χ0v) is 7.54. The lowest BCUT2D eigenvalue weighted by Gasteiger charge is -2.27. The number of amides is 1. The lowest BCUT2D eigenvalue weighted by molar-refractivity contribution is 0.0922. The average molecular weight is 193 g/mol. The highest BCUT2D eigenvalue weighted by Gasteiger charge is 2.20. The number of H-pyrrole nitrogens is 1. The molecule has 0 bridgehead atoms. The quantitative estimate of drug-likeness (QED) is 0.568. The van der Waals surface area contributed by atoms with Gasteiger partial charge in [-0.3, -0.25) is 9.59 Å². The molecule has 5 nitrogen and oxygen atoms in total. The molecule has 1 aliphatic heterocycles. The Kier molecular flexibility index (Phi) is 2.32. The highest BCUT2D eigenvalue weighted by Crippen LogP contribution is 1.94. The standard InChI is InChI=1S/C9H11N3O2/c13-8-1-2-10-5-7(8)9(14)12-6-3-11-4-6/h1-2,5-6,11H,3-4H2,(H,10,13)(H,12,14). The fourth-order valence-electron chi connectivity index (χ4n) is 1.25. The molecule has 2 rings (SSSR count). The number of pyridine rings is 1. The number of aromatic amines is 1. The Bertz CT molecular complexity index is 395. The number of hydrogen-bond donors (Lipinski definition) is 3. The van der Waals surface area contributed by atoms with Crippen LogP contribution >= 0.6 is 0 Å². The van der Waals surface area contributed by atoms with Gasteiger partial charge in [-0.05, 0) is 0 Å². The first kappa shape index (κ1) is 8.96. The Morgan fingerprint density at radius 2 is 2.29 bits per heavy atom. The summed E-state index contributed by atoms with van der Waals surface area (Å²) in [5.41, 5.74) is -0.0899. The van der Waals surface area contributed by atoms with E-state index >= 15 is 0 Å². The van der Waals surface area contributed by atoms with Crippen molar-refractivity contribution in [2.75, 3.05) is 13.1 Å². The highest BCUT2D eigenvalue weighted by molar-refractivity contribution is 5.94. The number of aromatic nitrogens is 1. The summed E-state index contributed by atoms with van der Waals surface area (Å²) in [4.78, 5) is 25.5. The molecule has 74 valence electrons. The summed E-state index contributed by atoms with van der Waals surface area (Å²) >= 11 is 0. The topological polar surface area (TPSA) is 74.0 Å². The first-order chi connectivity index (χ1) is 6.77. The molecular weight excluding hydrogens is 182 g/mol. The minimum Gasteiger partial charge on any atom is -0.367 e. The lowest BCUT2D eigenvalue weighted by atomic mass is 10.1. The number of carbonyl (C=O) groups is 1. The average Bonchev–Trinajstić information content (AvgIpc) is 2.12. The van der Waals surface area contributed by atoms with Crippen LogP contribution in [0.3, 0.4) is 0 Å². The second kappa shape index (κ2) is 3.63. The third-order valence-electron chi connectivity index (χ3n) is 2.19. The summed E-state index contributed by atoms with van der Waals surface area (Å²) in [6.45, 7) is 1.55. The van der Waals surface area contributed by atoms with Gasteiger partial charge in [0.05, 0.1) is 6.04 Å². The van der Waals surface area contributed by atoms with Crippen LogP contribution in [0.15, 0.2) is 23.3 Å². The Balaban J connectivity index is 2.10. The summed E-state index contributed by atoms with van der Waals surface area (Å²) in [5, 5.41) is 5.78. The highest BCUT2D eigenvalue weighted by atomic mass is 16.2. The molecule has 1 aliphatic rings. The second-order valence-electron chi connectivity index (χ2n) is 3.25. The molecule has 0 spiro atoms. The maximum absolute atomic E-state index is 11.5. The van der Waals surface area contributed by atoms with Crippen molar-refractivity contribution in [3.05, 3.63) is 34.2 Å². The Morgan fingerprint density at radius 1 is 1.50 bits per heavy atom. The van der Waals surface area contributed by atoms with Gasteiger partial charge in [0, 0.05) is 31.5 Å². The summed E-state index contributed by atoms with van der Waals surface area (Å²) in [6, 6.07) is 1.50. The Morgan fingerprint density at radius 3 is 2.86 bits per heavy atom. The third kappa shape index (κ3) is 1.67. The van der Waals surface area contributed by atoms with E-state index in [1.807, 2.05) is 0 Å². The molecule has 0 aromatic carbocycles. The van der Waals surface area contributed by atoms with Crippen LogP contribution in [0.5, 0.6) is 0 Å². The minimum atomic E-state index is -0.307. The van der Waals surface area contributed by atoms with Gasteiger partial charge in [-0.15, -0.1) is 0 Å². The van der Waals surface area contributed by atoms with E-state index in [1.54, 1.807) is 0 Å². The predicted octanol–water partition coefficient (Wildman–Crippen LogP) is -0.923. The zero-order chi connectivity index (χ0) is 9.97. The fraction of sp³-hybridized carbons (Fsp3) is 0.333. The summed E-state index contributed by atoms with van der Waals surface area (Å²) < 4.78 is 0. The van der Waals surface area contributed by atoms with Gasteiger partial charge >= 0.3 is 0 Å². The molecular formula is C9H11N3O2. The normalized spacial score (nSPS) is 16.0. The van der Waals surface area contributed by atoms with Crippen molar-refractivity contribution in [1.29, 1.82) is 0 Å². The summed E-state index contributed by atoms with van der Waals surface area (Å²) in [5.74, 6) is -0.307. The van der Waals surface area contributed by atoms with Gasteiger partial charge < -0.3 is 15.6 Å². The maximum atomic E-state index is 11.5. The fourth-order valence-corrected chi connectivity index (χ4v) is 1.25. The molecule has 14 heavy (non-hydrogen) atoms. The van der Waals surface area contributed by atoms with E-state index in [2.05, 4.69) is 15.6 Å². The molecule has 0 radical (unpaired) electrons. The Labute approximate surface area is 80.5 Å². The van der Waals surface area contributed by atoms with Crippen LogP contribution in [-0.4, -0.2) is 30.0 Å². The SMILES string of the molecule is O=C(NC1CNC1)c1c[nH]ccc1=O. The minimum absolute atomic E-state index is 0.155. The molecule has 1 amide bonds. The summed E-state index contributed by atoms with van der Waals surface area (Å²) in [7, 11) is 0. The molecule has 1 aromatic heterocycles. The van der Waals surface area contributed by atoms with Crippen molar-refractivity contribution < 1.29 is 4.79 Å². The Hall–Kier alpha value is -1.62. The smallest absolute Gasteiger partial charge is 0.257 e. The number of hydrogen-bond acceptors (Lipinski definition) is 3. The van der Waals surface area contributed by atoms with E-state index in [1.165, 1.54) is 18.5 Å². The molecule has 0 saturated carbocycles. The monoisotopic (exact) mass is 193 g/mol. The van der Waals surface area contributed by atoms with Crippen molar-refractivity contribution in [2.24, 2.45) is 0 Å². The first-order valence-electron chi connectivity index (χ1n) is 4.46. The molecule has 5 heteroatoms. The maximum Gasteiger partial charge on any atom is 0.257 e. The third-order valence-corrected chi connectivity index (χ3v) is 2.19. The van der Waals surface area contributed by atoms with Crippen molar-refractivity contribution >= 4 is 5.91 Å². The molecule has 0 atom stereocenters. The van der Waals surface area contributed by atoms with E-state index in [-0.39, 0.29) is 22.9 Å². The van der Waals surface area contributed by atoms with Crippen molar-refractivity contribution in [3.8, 4) is 0 Å². The van der Waals surface area contributed by atoms with Gasteiger partial charge in [0.2, 0.25) is 0 Å². The van der Waals surface area contributed by atoms with E-state index in [0.717, 1.165) is 13.1 Å². The van der Waals surface area contributed by atoms with Crippen LogP contribution in [0.1, 0.15) is 10.4 Å². The van der Waals surface area contributed by atoms with Crippen LogP contribution in [-0.2, 0) is 0 Å². The van der Waals surface area contributed by atoms with E-state index in [0.29, 0.717) is 0 Å². The van der Waals surface area contributed by atoms with Crippen molar-refractivity contribution in [1.82, 2.24) is 15.6 Å². The molecule has 1 aromatic rings. The molecule has 2 heterocycles. The molecule has 1 saturated heterocycles. The van der Waals surface area contributed by atoms with Gasteiger partial charge in [0.25, 0.3) is 5.91 Å². The van der Waals surface area contributed by atoms with Gasteiger partial charge in [0.1, 0.15) is 5.56 Å². The number of rotatable bonds is 2. The number of carbonyl (C=O) groups excluding carboxylic acids is 1. The van der Waals surface area contributed by atoms with Crippen LogP contribution < -0.4 is 16.1 Å². The van der Waals surface area contributed by atoms with Gasteiger partial charge in [-0.1, -0.05) is 0 Å². The molecule has 0 aliphatic carbocycles. The van der Waals surface area contributed by atoms with Crippen LogP contribution in [0.4, 0.5) is 0 Å². The van der Waals surface area contributed by atoms with E-state index in [4.69, 9.17) is 0 Å². The van der Waals surface area contributed by atoms with Crippen LogP contribution in [0.25, 0.3) is 0 Å². The van der Waals surface area contributed by atoms with Crippen molar-refractivity contribution in [3.63, 3.8) is 0 Å². The van der Waals surface area contributed by atoms with Gasteiger partial charge in [-0.2, -0.15) is 0 Å². The second-order valence-corrected chi connectivity index (χ2v) is 3.25.